The summed E-state index contributed by atoms with van der Waals surface area (Å²) in [5, 5.41) is 1.10. The maximum atomic E-state index is 11.1. The van der Waals surface area contributed by atoms with Gasteiger partial charge in [0, 0.05) is 17.9 Å². The molecule has 16 heavy (non-hydrogen) atoms. The van der Waals surface area contributed by atoms with Crippen molar-refractivity contribution in [3.63, 3.8) is 0 Å². The number of carbonyl (C=O) groups is 1. The van der Waals surface area contributed by atoms with E-state index in [1.165, 1.54) is 7.05 Å². The highest BCUT2D eigenvalue weighted by molar-refractivity contribution is 9.10. The topological polar surface area (TPSA) is 55.6 Å². The smallest absolute Gasteiger partial charge is 0.236 e. The van der Waals surface area contributed by atoms with Gasteiger partial charge in [-0.05, 0) is 30.7 Å². The Morgan fingerprint density at radius 2 is 2.06 bits per heavy atom. The fourth-order valence-corrected chi connectivity index (χ4v) is 1.38. The Kier molecular flexibility index (Phi) is 5.28. The third-order valence-corrected chi connectivity index (χ3v) is 2.54. The summed E-state index contributed by atoms with van der Waals surface area (Å²) in [4.78, 5) is 11.1. The summed E-state index contributed by atoms with van der Waals surface area (Å²) in [5.74, 6) is 6.00. The number of hydrogen-bond donors (Lipinski definition) is 1. The molecule has 0 saturated carbocycles. The number of ether oxygens (including phenoxy) is 1. The minimum Gasteiger partial charge on any atom is -0.494 e. The normalized spacial score (nSPS) is 9.94. The second-order valence-corrected chi connectivity index (χ2v) is 4.33. The van der Waals surface area contributed by atoms with Crippen LogP contribution in [0.25, 0.3) is 0 Å². The van der Waals surface area contributed by atoms with Crippen molar-refractivity contribution in [2.45, 2.75) is 12.8 Å². The monoisotopic (exact) mass is 286 g/mol. The second-order valence-electron chi connectivity index (χ2n) is 3.41. The molecule has 0 aliphatic rings. The number of hydrazine groups is 1. The molecule has 4 nitrogen and oxygen atoms in total. The van der Waals surface area contributed by atoms with Gasteiger partial charge in [-0.25, -0.2) is 5.84 Å². The average Bonchev–Trinajstić information content (AvgIpc) is 2.26. The molecule has 0 bridgehead atoms. The van der Waals surface area contributed by atoms with Crippen molar-refractivity contribution in [2.75, 3.05) is 13.7 Å². The van der Waals surface area contributed by atoms with Gasteiger partial charge in [0.25, 0.3) is 0 Å². The standard InChI is InChI=1S/C11H15BrN2O2/c1-14(13)11(15)3-2-8-16-10-6-4-9(12)5-7-10/h4-7H,2-3,8,13H2,1H3. The molecule has 1 aromatic rings. The van der Waals surface area contributed by atoms with Crippen LogP contribution in [0, 0.1) is 0 Å². The van der Waals surface area contributed by atoms with Crippen LogP contribution in [-0.4, -0.2) is 24.6 Å². The van der Waals surface area contributed by atoms with Crippen molar-refractivity contribution in [1.82, 2.24) is 5.01 Å². The lowest BCUT2D eigenvalue weighted by atomic mass is 10.3. The van der Waals surface area contributed by atoms with E-state index in [0.717, 1.165) is 15.2 Å². The first-order chi connectivity index (χ1) is 7.59. The van der Waals surface area contributed by atoms with Crippen molar-refractivity contribution in [2.24, 2.45) is 5.84 Å². The first-order valence-corrected chi connectivity index (χ1v) is 5.78. The van der Waals surface area contributed by atoms with E-state index in [-0.39, 0.29) is 5.91 Å². The molecule has 5 heteroatoms. The van der Waals surface area contributed by atoms with E-state index < -0.39 is 0 Å². The number of carbonyl (C=O) groups excluding carboxylic acids is 1. The van der Waals surface area contributed by atoms with Gasteiger partial charge >= 0.3 is 0 Å². The number of nitrogens with two attached hydrogens (primary N) is 1. The van der Waals surface area contributed by atoms with E-state index in [2.05, 4.69) is 15.9 Å². The van der Waals surface area contributed by atoms with Gasteiger partial charge in [0.15, 0.2) is 0 Å². The van der Waals surface area contributed by atoms with Crippen molar-refractivity contribution in [3.8, 4) is 5.75 Å². The molecule has 88 valence electrons. The fourth-order valence-electron chi connectivity index (χ4n) is 1.12. The van der Waals surface area contributed by atoms with Crippen LogP contribution < -0.4 is 10.6 Å². The van der Waals surface area contributed by atoms with Crippen LogP contribution in [0.5, 0.6) is 5.75 Å². The number of amides is 1. The van der Waals surface area contributed by atoms with Crippen LogP contribution in [-0.2, 0) is 4.79 Å². The maximum Gasteiger partial charge on any atom is 0.236 e. The van der Waals surface area contributed by atoms with Gasteiger partial charge in [0.05, 0.1) is 6.61 Å². The van der Waals surface area contributed by atoms with E-state index in [1.54, 1.807) is 0 Å². The molecule has 0 atom stereocenters. The van der Waals surface area contributed by atoms with Crippen molar-refractivity contribution >= 4 is 21.8 Å². The van der Waals surface area contributed by atoms with Crippen molar-refractivity contribution in [1.29, 1.82) is 0 Å². The first kappa shape index (κ1) is 13.0. The Morgan fingerprint density at radius 1 is 1.44 bits per heavy atom. The molecule has 0 aliphatic carbocycles. The highest BCUT2D eigenvalue weighted by Crippen LogP contribution is 2.16. The first-order valence-electron chi connectivity index (χ1n) is 4.99. The Hall–Kier alpha value is -1.07. The van der Waals surface area contributed by atoms with E-state index in [9.17, 15) is 4.79 Å². The van der Waals surface area contributed by atoms with Gasteiger partial charge in [0.2, 0.25) is 5.91 Å². The van der Waals surface area contributed by atoms with E-state index in [1.807, 2.05) is 24.3 Å². The van der Waals surface area contributed by atoms with E-state index in [4.69, 9.17) is 10.6 Å². The quantitative estimate of drug-likeness (QED) is 0.390. The van der Waals surface area contributed by atoms with Crippen LogP contribution in [0.3, 0.4) is 0 Å². The van der Waals surface area contributed by atoms with Crippen LogP contribution in [0.4, 0.5) is 0 Å². The molecular formula is C11H15BrN2O2. The summed E-state index contributed by atoms with van der Waals surface area (Å²) in [6.45, 7) is 0.515. The van der Waals surface area contributed by atoms with Crippen molar-refractivity contribution < 1.29 is 9.53 Å². The zero-order valence-electron chi connectivity index (χ0n) is 9.15. The Labute approximate surface area is 103 Å². The van der Waals surface area contributed by atoms with E-state index in [0.29, 0.717) is 19.4 Å². The molecule has 0 spiro atoms. The van der Waals surface area contributed by atoms with E-state index >= 15 is 0 Å². The van der Waals surface area contributed by atoms with Crippen LogP contribution in [0.1, 0.15) is 12.8 Å². The Bertz CT molecular complexity index is 338. The predicted octanol–water partition coefficient (Wildman–Crippen LogP) is 1.94. The number of halogens is 1. The highest BCUT2D eigenvalue weighted by Gasteiger charge is 2.03. The molecular weight excluding hydrogens is 272 g/mol. The van der Waals surface area contributed by atoms with Crippen LogP contribution in [0.2, 0.25) is 0 Å². The van der Waals surface area contributed by atoms with Gasteiger partial charge in [0.1, 0.15) is 5.75 Å². The Balaban J connectivity index is 2.21. The lowest BCUT2D eigenvalue weighted by molar-refractivity contribution is -0.130. The number of nitrogens with zero attached hydrogens (tertiary/aromatic N) is 1. The van der Waals surface area contributed by atoms with Gasteiger partial charge < -0.3 is 4.74 Å². The molecule has 0 saturated heterocycles. The predicted molar refractivity (Wildman–Crippen MR) is 65.8 cm³/mol. The maximum absolute atomic E-state index is 11.1. The van der Waals surface area contributed by atoms with Crippen LogP contribution in [0.15, 0.2) is 28.7 Å². The molecule has 0 fully saturated rings. The summed E-state index contributed by atoms with van der Waals surface area (Å²) in [7, 11) is 1.54. The number of benzene rings is 1. The van der Waals surface area contributed by atoms with Gasteiger partial charge in [-0.15, -0.1) is 0 Å². The SMILES string of the molecule is CN(N)C(=O)CCCOc1ccc(Br)cc1. The number of hydrogen-bond acceptors (Lipinski definition) is 3. The molecule has 1 rings (SSSR count). The van der Waals surface area contributed by atoms with Crippen LogP contribution >= 0.6 is 15.9 Å². The molecule has 0 aromatic heterocycles. The third-order valence-electron chi connectivity index (χ3n) is 2.01. The summed E-state index contributed by atoms with van der Waals surface area (Å²) >= 11 is 3.34. The summed E-state index contributed by atoms with van der Waals surface area (Å²) < 4.78 is 6.47. The lowest BCUT2D eigenvalue weighted by Gasteiger charge is -2.10. The van der Waals surface area contributed by atoms with Gasteiger partial charge in [-0.2, -0.15) is 0 Å². The number of rotatable bonds is 5. The molecule has 0 aliphatic heterocycles. The van der Waals surface area contributed by atoms with Crippen molar-refractivity contribution in [3.05, 3.63) is 28.7 Å². The molecule has 2 N–H and O–H groups in total. The molecule has 0 radical (unpaired) electrons. The molecule has 1 aromatic carbocycles. The summed E-state index contributed by atoms with van der Waals surface area (Å²) in [6, 6.07) is 7.57. The minimum atomic E-state index is -0.0839. The molecule has 1 amide bonds. The zero-order chi connectivity index (χ0) is 12.0. The second kappa shape index (κ2) is 6.50. The van der Waals surface area contributed by atoms with Gasteiger partial charge in [-0.1, -0.05) is 15.9 Å². The third kappa shape index (κ3) is 4.63. The van der Waals surface area contributed by atoms with Gasteiger partial charge in [-0.3, -0.25) is 9.80 Å². The summed E-state index contributed by atoms with van der Waals surface area (Å²) in [5.41, 5.74) is 0. The Morgan fingerprint density at radius 3 is 2.62 bits per heavy atom. The minimum absolute atomic E-state index is 0.0839. The average molecular weight is 287 g/mol. The largest absolute Gasteiger partial charge is 0.494 e. The zero-order valence-corrected chi connectivity index (χ0v) is 10.7. The molecule has 0 heterocycles. The highest BCUT2D eigenvalue weighted by atomic mass is 79.9. The lowest BCUT2D eigenvalue weighted by Crippen LogP contribution is -2.33. The molecule has 0 unspecified atom stereocenters. The fraction of sp³-hybridized carbons (Fsp3) is 0.364. The summed E-state index contributed by atoms with van der Waals surface area (Å²) in [6.07, 6.45) is 1.07.